The molecule has 0 aliphatic carbocycles. The predicted molar refractivity (Wildman–Crippen MR) is 90.6 cm³/mol. The summed E-state index contributed by atoms with van der Waals surface area (Å²) in [7, 11) is 0. The Morgan fingerprint density at radius 2 is 1.65 bits per heavy atom. The molecule has 1 nitrogen and oxygen atoms in total. The molecule has 1 atom stereocenters. The first-order valence-corrected chi connectivity index (χ1v) is 8.61. The van der Waals surface area contributed by atoms with E-state index in [2.05, 4.69) is 29.3 Å². The van der Waals surface area contributed by atoms with Crippen molar-refractivity contribution in [2.75, 3.05) is 4.90 Å². The smallest absolute Gasteiger partial charge is 0.135 e. The van der Waals surface area contributed by atoms with E-state index in [0.29, 0.717) is 4.71 Å². The number of halogens is 2. The Balaban J connectivity index is 1.70. The topological polar surface area (TPSA) is 3.24 Å². The second-order valence-corrected chi connectivity index (χ2v) is 7.98. The van der Waals surface area contributed by atoms with Crippen LogP contribution in [-0.4, -0.2) is 4.71 Å². The molecule has 20 heavy (non-hydrogen) atoms. The number of hydrogen-bond donors (Lipinski definition) is 0. The molecule has 0 saturated carbocycles. The van der Waals surface area contributed by atoms with Crippen LogP contribution in [0.15, 0.2) is 53.6 Å². The van der Waals surface area contributed by atoms with Crippen molar-refractivity contribution < 1.29 is 0 Å². The Kier molecular flexibility index (Phi) is 3.19. The van der Waals surface area contributed by atoms with Gasteiger partial charge in [0.05, 0.1) is 5.69 Å². The van der Waals surface area contributed by atoms with Crippen molar-refractivity contribution in [1.29, 1.82) is 0 Å². The van der Waals surface area contributed by atoms with Gasteiger partial charge in [-0.25, -0.2) is 0 Å². The fourth-order valence-electron chi connectivity index (χ4n) is 2.31. The SMILES string of the molecule is Clc1ccc(C2=CN3c4ccc(Cl)cc4SC3S2)cc1. The summed E-state index contributed by atoms with van der Waals surface area (Å²) in [6.45, 7) is 0. The molecule has 4 rings (SSSR count). The van der Waals surface area contributed by atoms with Crippen LogP contribution in [0.5, 0.6) is 0 Å². The van der Waals surface area contributed by atoms with Crippen molar-refractivity contribution in [3.8, 4) is 0 Å². The van der Waals surface area contributed by atoms with E-state index in [1.165, 1.54) is 21.1 Å². The van der Waals surface area contributed by atoms with Gasteiger partial charge in [-0.05, 0) is 35.9 Å². The standard InChI is InChI=1S/C15H9Cl2NS2/c16-10-3-1-9(2-4-10)14-8-18-12-6-5-11(17)7-13(12)19-15(18)20-14/h1-8,15H. The van der Waals surface area contributed by atoms with E-state index in [4.69, 9.17) is 23.2 Å². The van der Waals surface area contributed by atoms with Gasteiger partial charge in [0, 0.05) is 26.0 Å². The summed E-state index contributed by atoms with van der Waals surface area (Å²) in [5.74, 6) is 0. The fraction of sp³-hybridized carbons (Fsp3) is 0.0667. The lowest BCUT2D eigenvalue weighted by atomic mass is 10.2. The van der Waals surface area contributed by atoms with E-state index in [1.54, 1.807) is 0 Å². The molecular weight excluding hydrogens is 329 g/mol. The van der Waals surface area contributed by atoms with Gasteiger partial charge >= 0.3 is 0 Å². The molecule has 2 aliphatic heterocycles. The van der Waals surface area contributed by atoms with Gasteiger partial charge in [-0.3, -0.25) is 0 Å². The predicted octanol–water partition coefficient (Wildman–Crippen LogP) is 5.93. The lowest BCUT2D eigenvalue weighted by Gasteiger charge is -2.13. The molecule has 0 bridgehead atoms. The van der Waals surface area contributed by atoms with Gasteiger partial charge in [0.1, 0.15) is 4.71 Å². The van der Waals surface area contributed by atoms with Crippen LogP contribution in [0.3, 0.4) is 0 Å². The van der Waals surface area contributed by atoms with Gasteiger partial charge in [0.2, 0.25) is 0 Å². The summed E-state index contributed by atoms with van der Waals surface area (Å²) in [5, 5.41) is 1.57. The summed E-state index contributed by atoms with van der Waals surface area (Å²) in [6, 6.07) is 14.1. The summed E-state index contributed by atoms with van der Waals surface area (Å²) in [4.78, 5) is 4.84. The molecule has 0 fully saturated rings. The van der Waals surface area contributed by atoms with Crippen LogP contribution in [0.1, 0.15) is 5.56 Å². The molecule has 2 aromatic carbocycles. The zero-order valence-corrected chi connectivity index (χ0v) is 13.4. The highest BCUT2D eigenvalue weighted by Gasteiger charge is 2.35. The Morgan fingerprint density at radius 1 is 0.900 bits per heavy atom. The van der Waals surface area contributed by atoms with Crippen LogP contribution in [0.4, 0.5) is 5.69 Å². The molecule has 100 valence electrons. The summed E-state index contributed by atoms with van der Waals surface area (Å²) in [6.07, 6.45) is 2.21. The fourth-order valence-corrected chi connectivity index (χ4v) is 5.43. The average Bonchev–Trinajstić information content (AvgIpc) is 2.96. The van der Waals surface area contributed by atoms with Crippen LogP contribution in [0.25, 0.3) is 4.91 Å². The normalized spacial score (nSPS) is 19.8. The number of nitrogens with zero attached hydrogens (tertiary/aromatic N) is 1. The summed E-state index contributed by atoms with van der Waals surface area (Å²) < 4.78 is 0.370. The molecule has 2 aromatic rings. The summed E-state index contributed by atoms with van der Waals surface area (Å²) in [5.41, 5.74) is 2.45. The third kappa shape index (κ3) is 2.13. The quantitative estimate of drug-likeness (QED) is 0.634. The monoisotopic (exact) mass is 337 g/mol. The van der Waals surface area contributed by atoms with E-state index in [9.17, 15) is 0 Å². The Morgan fingerprint density at radius 3 is 2.45 bits per heavy atom. The Bertz CT molecular complexity index is 712. The van der Waals surface area contributed by atoms with Crippen LogP contribution in [-0.2, 0) is 0 Å². The van der Waals surface area contributed by atoms with Crippen LogP contribution in [0, 0.1) is 0 Å². The molecule has 0 N–H and O–H groups in total. The third-order valence-electron chi connectivity index (χ3n) is 3.27. The zero-order valence-electron chi connectivity index (χ0n) is 10.2. The highest BCUT2D eigenvalue weighted by molar-refractivity contribution is 8.22. The maximum Gasteiger partial charge on any atom is 0.135 e. The van der Waals surface area contributed by atoms with Gasteiger partial charge < -0.3 is 4.90 Å². The average molecular weight is 338 g/mol. The van der Waals surface area contributed by atoms with Crippen molar-refractivity contribution in [3.05, 3.63) is 64.3 Å². The summed E-state index contributed by atoms with van der Waals surface area (Å²) >= 11 is 15.7. The van der Waals surface area contributed by atoms with E-state index >= 15 is 0 Å². The second-order valence-electron chi connectivity index (χ2n) is 4.56. The van der Waals surface area contributed by atoms with Crippen molar-refractivity contribution in [1.82, 2.24) is 0 Å². The zero-order chi connectivity index (χ0) is 13.7. The minimum atomic E-state index is 0.370. The minimum Gasteiger partial charge on any atom is -0.324 e. The third-order valence-corrected chi connectivity index (χ3v) is 6.37. The van der Waals surface area contributed by atoms with Crippen molar-refractivity contribution in [2.45, 2.75) is 9.60 Å². The molecule has 0 spiro atoms. The lowest BCUT2D eigenvalue weighted by Crippen LogP contribution is -2.14. The number of benzene rings is 2. The van der Waals surface area contributed by atoms with Gasteiger partial charge in [0.25, 0.3) is 0 Å². The Hall–Kier alpha value is -0.740. The minimum absolute atomic E-state index is 0.370. The van der Waals surface area contributed by atoms with Crippen molar-refractivity contribution in [2.24, 2.45) is 0 Å². The molecule has 0 aromatic heterocycles. The second kappa shape index (κ2) is 4.92. The van der Waals surface area contributed by atoms with Crippen LogP contribution < -0.4 is 4.90 Å². The highest BCUT2D eigenvalue weighted by atomic mass is 35.5. The largest absolute Gasteiger partial charge is 0.324 e. The highest BCUT2D eigenvalue weighted by Crippen LogP contribution is 2.55. The number of rotatable bonds is 1. The molecular formula is C15H9Cl2NS2. The van der Waals surface area contributed by atoms with E-state index in [0.717, 1.165) is 10.0 Å². The molecule has 0 amide bonds. The molecule has 2 heterocycles. The molecule has 0 saturated heterocycles. The number of hydrogen-bond acceptors (Lipinski definition) is 3. The first kappa shape index (κ1) is 13.0. The van der Waals surface area contributed by atoms with Crippen molar-refractivity contribution in [3.63, 3.8) is 0 Å². The number of thioether (sulfide) groups is 2. The first-order chi connectivity index (χ1) is 9.70. The maximum atomic E-state index is 6.05. The number of fused-ring (bicyclic) bond motifs is 3. The lowest BCUT2D eigenvalue weighted by molar-refractivity contribution is 1.15. The molecule has 2 aliphatic rings. The Labute approximate surface area is 135 Å². The van der Waals surface area contributed by atoms with Gasteiger partial charge in [-0.2, -0.15) is 0 Å². The first-order valence-electron chi connectivity index (χ1n) is 6.10. The van der Waals surface area contributed by atoms with E-state index < -0.39 is 0 Å². The van der Waals surface area contributed by atoms with Crippen molar-refractivity contribution >= 4 is 57.3 Å². The van der Waals surface area contributed by atoms with Gasteiger partial charge in [0.15, 0.2) is 0 Å². The van der Waals surface area contributed by atoms with Gasteiger partial charge in [-0.1, -0.05) is 58.9 Å². The molecule has 5 heteroatoms. The number of anilines is 1. The molecule has 1 unspecified atom stereocenters. The van der Waals surface area contributed by atoms with E-state index in [-0.39, 0.29) is 0 Å². The van der Waals surface area contributed by atoms with Crippen LogP contribution >= 0.6 is 46.7 Å². The van der Waals surface area contributed by atoms with Gasteiger partial charge in [-0.15, -0.1) is 0 Å². The van der Waals surface area contributed by atoms with Crippen LogP contribution in [0.2, 0.25) is 10.0 Å². The maximum absolute atomic E-state index is 6.05. The molecule has 0 radical (unpaired) electrons. The van der Waals surface area contributed by atoms with E-state index in [1.807, 2.05) is 47.8 Å².